The second-order valence-electron chi connectivity index (χ2n) is 1.92. The maximum atomic E-state index is 5.80. The number of halogens is 2. The predicted octanol–water partition coefficient (Wildman–Crippen LogP) is 3.52. The molecule has 0 aliphatic heterocycles. The summed E-state index contributed by atoms with van der Waals surface area (Å²) in [5, 5.41) is 1.54. The van der Waals surface area contributed by atoms with Gasteiger partial charge in [-0.05, 0) is 17.7 Å². The van der Waals surface area contributed by atoms with E-state index >= 15 is 0 Å². The van der Waals surface area contributed by atoms with Gasteiger partial charge in [0.05, 0.1) is 5.02 Å². The Morgan fingerprint density at radius 3 is 2.70 bits per heavy atom. The average Bonchev–Trinajstić information content (AvgIpc) is 1.95. The number of rotatable bonds is 1. The first kappa shape index (κ1) is 8.44. The first-order valence-corrected chi connectivity index (χ1v) is 4.72. The Balaban J connectivity index is 3.04. The molecule has 10 heavy (non-hydrogen) atoms. The van der Waals surface area contributed by atoms with Gasteiger partial charge in [0.25, 0.3) is 0 Å². The highest BCUT2D eigenvalue weighted by atomic mass is 79.9. The van der Waals surface area contributed by atoms with Crippen LogP contribution < -0.4 is 0 Å². The summed E-state index contributed by atoms with van der Waals surface area (Å²) in [6.07, 6.45) is 0. The molecular weight excluding hydrogens is 232 g/mol. The molecule has 1 aromatic carbocycles. The summed E-state index contributed by atoms with van der Waals surface area (Å²) in [7, 11) is 0. The van der Waals surface area contributed by atoms with Crippen LogP contribution in [0.15, 0.2) is 23.1 Å². The molecule has 0 saturated carbocycles. The highest BCUT2D eigenvalue weighted by Gasteiger charge is 1.95. The zero-order valence-electron chi connectivity index (χ0n) is 5.14. The second kappa shape index (κ2) is 3.65. The molecule has 0 N–H and O–H groups in total. The third-order valence-electron chi connectivity index (χ3n) is 1.17. The zero-order valence-corrected chi connectivity index (χ0v) is 8.38. The molecule has 0 nitrogen and oxygen atoms in total. The largest absolute Gasteiger partial charge is 0.142 e. The fraction of sp³-hybridized carbons (Fsp3) is 0.143. The van der Waals surface area contributed by atoms with Crippen LogP contribution in [0.25, 0.3) is 0 Å². The minimum atomic E-state index is 0.709. The maximum Gasteiger partial charge on any atom is 0.0542 e. The van der Waals surface area contributed by atoms with Gasteiger partial charge in [-0.2, -0.15) is 0 Å². The van der Waals surface area contributed by atoms with Crippen LogP contribution in [0.2, 0.25) is 5.02 Å². The molecule has 0 aliphatic carbocycles. The summed E-state index contributed by atoms with van der Waals surface area (Å²) >= 11 is 13.3. The molecule has 3 heteroatoms. The van der Waals surface area contributed by atoms with Crippen LogP contribution in [0.1, 0.15) is 5.56 Å². The van der Waals surface area contributed by atoms with Gasteiger partial charge in [-0.15, -0.1) is 12.6 Å². The first-order valence-electron chi connectivity index (χ1n) is 2.77. The lowest BCUT2D eigenvalue weighted by atomic mass is 10.2. The number of alkyl halides is 1. The number of hydrogen-bond acceptors (Lipinski definition) is 1. The van der Waals surface area contributed by atoms with Crippen molar-refractivity contribution in [1.82, 2.24) is 0 Å². The van der Waals surface area contributed by atoms with Crippen LogP contribution in [0.4, 0.5) is 0 Å². The normalized spacial score (nSPS) is 9.90. The Bertz CT molecular complexity index is 237. The first-order chi connectivity index (χ1) is 4.74. The van der Waals surface area contributed by atoms with Gasteiger partial charge < -0.3 is 0 Å². The Labute approximate surface area is 79.1 Å². The fourth-order valence-corrected chi connectivity index (χ4v) is 1.32. The predicted molar refractivity (Wildman–Crippen MR) is 51.3 cm³/mol. The van der Waals surface area contributed by atoms with E-state index in [1.54, 1.807) is 0 Å². The Hall–Kier alpha value is 0.340. The van der Waals surface area contributed by atoms with Crippen molar-refractivity contribution < 1.29 is 0 Å². The Morgan fingerprint density at radius 1 is 1.50 bits per heavy atom. The SMILES string of the molecule is Sc1ccc(CBr)cc1Cl. The highest BCUT2D eigenvalue weighted by Crippen LogP contribution is 2.21. The van der Waals surface area contributed by atoms with Crippen molar-refractivity contribution in [2.24, 2.45) is 0 Å². The summed E-state index contributed by atoms with van der Waals surface area (Å²) in [5.74, 6) is 0. The van der Waals surface area contributed by atoms with Crippen molar-refractivity contribution in [1.29, 1.82) is 0 Å². The number of benzene rings is 1. The molecular formula is C7H6BrClS. The molecule has 0 spiro atoms. The number of thiol groups is 1. The Kier molecular flexibility index (Phi) is 3.08. The van der Waals surface area contributed by atoms with E-state index in [0.29, 0.717) is 5.02 Å². The van der Waals surface area contributed by atoms with Gasteiger partial charge in [0, 0.05) is 10.2 Å². The lowest BCUT2D eigenvalue weighted by Crippen LogP contribution is -1.76. The minimum absolute atomic E-state index is 0.709. The van der Waals surface area contributed by atoms with Crippen LogP contribution in [0, 0.1) is 0 Å². The van der Waals surface area contributed by atoms with Crippen molar-refractivity contribution in [3.63, 3.8) is 0 Å². The van der Waals surface area contributed by atoms with Crippen LogP contribution in [0.5, 0.6) is 0 Å². The molecule has 0 radical (unpaired) electrons. The van der Waals surface area contributed by atoms with Crippen LogP contribution >= 0.6 is 40.2 Å². The lowest BCUT2D eigenvalue weighted by Gasteiger charge is -1.97. The maximum absolute atomic E-state index is 5.80. The average molecular weight is 238 g/mol. The van der Waals surface area contributed by atoms with Crippen molar-refractivity contribution in [3.8, 4) is 0 Å². The molecule has 0 atom stereocenters. The molecule has 0 saturated heterocycles. The van der Waals surface area contributed by atoms with E-state index in [1.165, 1.54) is 5.56 Å². The topological polar surface area (TPSA) is 0 Å². The summed E-state index contributed by atoms with van der Waals surface area (Å²) < 4.78 is 0. The molecule has 0 aliphatic rings. The molecule has 1 aromatic rings. The smallest absolute Gasteiger partial charge is 0.0542 e. The van der Waals surface area contributed by atoms with Gasteiger partial charge in [0.15, 0.2) is 0 Å². The van der Waals surface area contributed by atoms with Gasteiger partial charge in [-0.1, -0.05) is 33.6 Å². The van der Waals surface area contributed by atoms with Gasteiger partial charge >= 0.3 is 0 Å². The van der Waals surface area contributed by atoms with E-state index in [9.17, 15) is 0 Å². The quantitative estimate of drug-likeness (QED) is 0.561. The van der Waals surface area contributed by atoms with Crippen LogP contribution in [-0.2, 0) is 5.33 Å². The van der Waals surface area contributed by atoms with E-state index in [4.69, 9.17) is 11.6 Å². The second-order valence-corrected chi connectivity index (χ2v) is 3.37. The van der Waals surface area contributed by atoms with Crippen LogP contribution in [-0.4, -0.2) is 0 Å². The lowest BCUT2D eigenvalue weighted by molar-refractivity contribution is 1.37. The zero-order chi connectivity index (χ0) is 7.56. The van der Waals surface area contributed by atoms with Crippen molar-refractivity contribution in [2.45, 2.75) is 10.2 Å². The van der Waals surface area contributed by atoms with E-state index in [2.05, 4.69) is 28.6 Å². The van der Waals surface area contributed by atoms with Gasteiger partial charge in [0.2, 0.25) is 0 Å². The summed E-state index contributed by atoms with van der Waals surface area (Å²) in [4.78, 5) is 0.825. The van der Waals surface area contributed by atoms with Gasteiger partial charge in [-0.3, -0.25) is 0 Å². The molecule has 0 aromatic heterocycles. The molecule has 0 heterocycles. The third-order valence-corrected chi connectivity index (χ3v) is 2.65. The molecule has 0 amide bonds. The van der Waals surface area contributed by atoms with E-state index in [1.807, 2.05) is 18.2 Å². The van der Waals surface area contributed by atoms with Crippen molar-refractivity contribution in [2.75, 3.05) is 0 Å². The van der Waals surface area contributed by atoms with E-state index < -0.39 is 0 Å². The van der Waals surface area contributed by atoms with Crippen molar-refractivity contribution >= 4 is 40.2 Å². The van der Waals surface area contributed by atoms with E-state index in [-0.39, 0.29) is 0 Å². The molecule has 0 unspecified atom stereocenters. The summed E-state index contributed by atoms with van der Waals surface area (Å²) in [5.41, 5.74) is 1.17. The fourth-order valence-electron chi connectivity index (χ4n) is 0.634. The summed E-state index contributed by atoms with van der Waals surface area (Å²) in [6, 6.07) is 5.78. The standard InChI is InChI=1S/C7H6BrClS/c8-4-5-1-2-7(10)6(9)3-5/h1-3,10H,4H2. The molecule has 0 fully saturated rings. The van der Waals surface area contributed by atoms with E-state index in [0.717, 1.165) is 10.2 Å². The molecule has 1 rings (SSSR count). The highest BCUT2D eigenvalue weighted by molar-refractivity contribution is 9.08. The number of hydrogen-bond donors (Lipinski definition) is 1. The molecule has 0 bridgehead atoms. The monoisotopic (exact) mass is 236 g/mol. The van der Waals surface area contributed by atoms with Gasteiger partial charge in [-0.25, -0.2) is 0 Å². The van der Waals surface area contributed by atoms with Crippen LogP contribution in [0.3, 0.4) is 0 Å². The summed E-state index contributed by atoms with van der Waals surface area (Å²) in [6.45, 7) is 0. The van der Waals surface area contributed by atoms with Gasteiger partial charge in [0.1, 0.15) is 0 Å². The molecule has 54 valence electrons. The Morgan fingerprint density at radius 2 is 2.20 bits per heavy atom. The van der Waals surface area contributed by atoms with Crippen molar-refractivity contribution in [3.05, 3.63) is 28.8 Å². The minimum Gasteiger partial charge on any atom is -0.142 e. The third kappa shape index (κ3) is 1.91.